The lowest BCUT2D eigenvalue weighted by Crippen LogP contribution is -2.40. The number of sulfonamides is 1. The van der Waals surface area contributed by atoms with E-state index in [0.717, 1.165) is 5.56 Å². The van der Waals surface area contributed by atoms with Crippen LogP contribution in [0.2, 0.25) is 0 Å². The highest BCUT2D eigenvalue weighted by molar-refractivity contribution is 7.89. The van der Waals surface area contributed by atoms with Crippen LogP contribution in [0.1, 0.15) is 36.7 Å². The van der Waals surface area contributed by atoms with Crippen molar-refractivity contribution in [2.45, 2.75) is 31.1 Å². The molecule has 1 N–H and O–H groups in total. The van der Waals surface area contributed by atoms with Crippen molar-refractivity contribution < 1.29 is 22.7 Å². The van der Waals surface area contributed by atoms with Crippen molar-refractivity contribution in [3.8, 4) is 5.75 Å². The molecule has 1 amide bonds. The van der Waals surface area contributed by atoms with Gasteiger partial charge in [-0.05, 0) is 41.3 Å². The maximum atomic E-state index is 12.9. The van der Waals surface area contributed by atoms with Crippen LogP contribution in [0.25, 0.3) is 0 Å². The summed E-state index contributed by atoms with van der Waals surface area (Å²) < 4.78 is 37.8. The first-order valence-corrected chi connectivity index (χ1v) is 11.2. The van der Waals surface area contributed by atoms with Crippen molar-refractivity contribution in [3.63, 3.8) is 0 Å². The zero-order valence-electron chi connectivity index (χ0n) is 17.8. The third-order valence-electron chi connectivity index (χ3n) is 5.03. The van der Waals surface area contributed by atoms with E-state index in [2.05, 4.69) is 26.1 Å². The van der Waals surface area contributed by atoms with Crippen molar-refractivity contribution in [1.29, 1.82) is 0 Å². The minimum absolute atomic E-state index is 0.00788. The molecule has 0 aliphatic carbocycles. The van der Waals surface area contributed by atoms with Crippen LogP contribution in [0.15, 0.2) is 47.4 Å². The third-order valence-corrected chi connectivity index (χ3v) is 6.93. The number of anilines is 1. The summed E-state index contributed by atoms with van der Waals surface area (Å²) in [5.41, 5.74) is 1.94. The first-order chi connectivity index (χ1) is 14.1. The van der Waals surface area contributed by atoms with Crippen molar-refractivity contribution in [3.05, 3.63) is 53.6 Å². The smallest absolute Gasteiger partial charge is 0.259 e. The Morgan fingerprint density at radius 2 is 1.70 bits per heavy atom. The normalized spacial score (nSPS) is 15.6. The number of carbonyl (C=O) groups is 1. The van der Waals surface area contributed by atoms with Crippen LogP contribution >= 0.6 is 0 Å². The number of nitrogens with one attached hydrogen (secondary N) is 1. The number of morpholine rings is 1. The molecule has 1 heterocycles. The molecule has 2 aromatic carbocycles. The molecule has 0 atom stereocenters. The van der Waals surface area contributed by atoms with Crippen LogP contribution in [0.3, 0.4) is 0 Å². The number of amides is 1. The van der Waals surface area contributed by atoms with E-state index >= 15 is 0 Å². The van der Waals surface area contributed by atoms with Gasteiger partial charge in [0.1, 0.15) is 5.75 Å². The summed E-state index contributed by atoms with van der Waals surface area (Å²) in [7, 11) is -2.28. The average molecular weight is 433 g/mol. The van der Waals surface area contributed by atoms with E-state index < -0.39 is 15.9 Å². The van der Waals surface area contributed by atoms with Crippen molar-refractivity contribution in [2.75, 3.05) is 38.7 Å². The second-order valence-electron chi connectivity index (χ2n) is 8.16. The minimum atomic E-state index is -3.72. The van der Waals surface area contributed by atoms with Crippen LogP contribution in [0.5, 0.6) is 5.75 Å². The van der Waals surface area contributed by atoms with Gasteiger partial charge in [0.05, 0.1) is 30.8 Å². The average Bonchev–Trinajstić information content (AvgIpc) is 2.73. The lowest BCUT2D eigenvalue weighted by atomic mass is 9.87. The Labute approximate surface area is 178 Å². The summed E-state index contributed by atoms with van der Waals surface area (Å²) >= 11 is 0. The van der Waals surface area contributed by atoms with Gasteiger partial charge in [-0.1, -0.05) is 32.9 Å². The fourth-order valence-corrected chi connectivity index (χ4v) is 4.65. The Hall–Kier alpha value is -2.42. The van der Waals surface area contributed by atoms with Gasteiger partial charge >= 0.3 is 0 Å². The third kappa shape index (κ3) is 4.83. The van der Waals surface area contributed by atoms with E-state index in [1.54, 1.807) is 0 Å². The van der Waals surface area contributed by atoms with E-state index in [4.69, 9.17) is 9.47 Å². The van der Waals surface area contributed by atoms with Crippen LogP contribution in [0, 0.1) is 0 Å². The van der Waals surface area contributed by atoms with E-state index in [9.17, 15) is 13.2 Å². The molecule has 2 aromatic rings. The molecule has 30 heavy (non-hydrogen) atoms. The van der Waals surface area contributed by atoms with Crippen LogP contribution < -0.4 is 10.1 Å². The SMILES string of the molecule is COc1ccc(S(=O)(=O)N2CCOCC2)cc1C(=O)Nc1ccc(C(C)(C)C)cc1. The quantitative estimate of drug-likeness (QED) is 0.784. The molecule has 0 saturated carbocycles. The predicted molar refractivity (Wildman–Crippen MR) is 116 cm³/mol. The van der Waals surface area contributed by atoms with Gasteiger partial charge in [-0.3, -0.25) is 4.79 Å². The predicted octanol–water partition coefficient (Wildman–Crippen LogP) is 3.27. The molecule has 1 aliphatic heterocycles. The Bertz CT molecular complexity index is 1000. The molecule has 0 aromatic heterocycles. The Balaban J connectivity index is 1.87. The van der Waals surface area contributed by atoms with Crippen molar-refractivity contribution in [2.24, 2.45) is 0 Å². The van der Waals surface area contributed by atoms with Gasteiger partial charge < -0.3 is 14.8 Å². The fourth-order valence-electron chi connectivity index (χ4n) is 3.21. The van der Waals surface area contributed by atoms with Crippen molar-refractivity contribution in [1.82, 2.24) is 4.31 Å². The number of hydrogen-bond donors (Lipinski definition) is 1. The van der Waals surface area contributed by atoms with Gasteiger partial charge in [0.25, 0.3) is 5.91 Å². The lowest BCUT2D eigenvalue weighted by Gasteiger charge is -2.26. The zero-order chi connectivity index (χ0) is 21.9. The monoisotopic (exact) mass is 432 g/mol. The number of ether oxygens (including phenoxy) is 2. The minimum Gasteiger partial charge on any atom is -0.496 e. The fraction of sp³-hybridized carbons (Fsp3) is 0.409. The van der Waals surface area contributed by atoms with Crippen LogP contribution in [0.4, 0.5) is 5.69 Å². The molecule has 0 unspecified atom stereocenters. The van der Waals surface area contributed by atoms with E-state index in [1.165, 1.54) is 29.6 Å². The maximum Gasteiger partial charge on any atom is 0.259 e. The van der Waals surface area contributed by atoms with Gasteiger partial charge in [-0.25, -0.2) is 8.42 Å². The number of carbonyl (C=O) groups excluding carboxylic acids is 1. The Kier molecular flexibility index (Phi) is 6.50. The molecule has 162 valence electrons. The van der Waals surface area contributed by atoms with Crippen LogP contribution in [-0.2, 0) is 20.2 Å². The van der Waals surface area contributed by atoms with Crippen LogP contribution in [-0.4, -0.2) is 52.0 Å². The van der Waals surface area contributed by atoms with E-state index in [1.807, 2.05) is 24.3 Å². The molecule has 7 nitrogen and oxygen atoms in total. The zero-order valence-corrected chi connectivity index (χ0v) is 18.6. The summed E-state index contributed by atoms with van der Waals surface area (Å²) in [6.07, 6.45) is 0. The summed E-state index contributed by atoms with van der Waals surface area (Å²) in [6.45, 7) is 7.64. The maximum absolute atomic E-state index is 12.9. The first kappa shape index (κ1) is 22.3. The molecule has 1 aliphatic rings. The molecule has 1 fully saturated rings. The second-order valence-corrected chi connectivity index (χ2v) is 10.1. The topological polar surface area (TPSA) is 84.9 Å². The number of benzene rings is 2. The second kappa shape index (κ2) is 8.75. The van der Waals surface area contributed by atoms with Gasteiger partial charge in [0.2, 0.25) is 10.0 Å². The molecule has 1 saturated heterocycles. The largest absolute Gasteiger partial charge is 0.496 e. The standard InChI is InChI=1S/C22H28N2O5S/c1-22(2,3)16-5-7-17(8-6-16)23-21(25)19-15-18(9-10-20(19)28-4)30(26,27)24-11-13-29-14-12-24/h5-10,15H,11-14H2,1-4H3,(H,23,25). The highest BCUT2D eigenvalue weighted by Crippen LogP contribution is 2.27. The number of rotatable bonds is 5. The molecule has 0 spiro atoms. The van der Waals surface area contributed by atoms with Gasteiger partial charge in [-0.15, -0.1) is 0 Å². The summed E-state index contributed by atoms with van der Waals surface area (Å²) in [5.74, 6) is -0.130. The Morgan fingerprint density at radius 3 is 2.27 bits per heavy atom. The molecular weight excluding hydrogens is 404 g/mol. The molecule has 8 heteroatoms. The highest BCUT2D eigenvalue weighted by Gasteiger charge is 2.28. The summed E-state index contributed by atoms with van der Waals surface area (Å²) in [6, 6.07) is 11.9. The number of nitrogens with zero attached hydrogens (tertiary/aromatic N) is 1. The number of hydrogen-bond acceptors (Lipinski definition) is 5. The molecular formula is C22H28N2O5S. The van der Waals surface area contributed by atoms with Crippen molar-refractivity contribution >= 4 is 21.6 Å². The summed E-state index contributed by atoms with van der Waals surface area (Å²) in [5, 5.41) is 2.82. The Morgan fingerprint density at radius 1 is 1.07 bits per heavy atom. The highest BCUT2D eigenvalue weighted by atomic mass is 32.2. The van der Waals surface area contributed by atoms with Gasteiger partial charge in [0.15, 0.2) is 0 Å². The molecule has 0 bridgehead atoms. The number of methoxy groups -OCH3 is 1. The van der Waals surface area contributed by atoms with Gasteiger partial charge in [0, 0.05) is 18.8 Å². The lowest BCUT2D eigenvalue weighted by molar-refractivity contribution is 0.0730. The molecule has 3 rings (SSSR count). The van der Waals surface area contributed by atoms with E-state index in [0.29, 0.717) is 24.7 Å². The molecule has 0 radical (unpaired) electrons. The first-order valence-electron chi connectivity index (χ1n) is 9.81. The van der Waals surface area contributed by atoms with Gasteiger partial charge in [-0.2, -0.15) is 4.31 Å². The summed E-state index contributed by atoms with van der Waals surface area (Å²) in [4.78, 5) is 13.0. The van der Waals surface area contributed by atoms with E-state index in [-0.39, 0.29) is 29.0 Å².